The van der Waals surface area contributed by atoms with Crippen molar-refractivity contribution in [2.45, 2.75) is 25.4 Å². The van der Waals surface area contributed by atoms with Gasteiger partial charge in [0.2, 0.25) is 0 Å². The van der Waals surface area contributed by atoms with Gasteiger partial charge in [0.05, 0.1) is 27.5 Å². The lowest BCUT2D eigenvalue weighted by Gasteiger charge is -2.34. The first kappa shape index (κ1) is 27.6. The normalized spacial score (nSPS) is 14.2. The molecule has 0 radical (unpaired) electrons. The van der Waals surface area contributed by atoms with Crippen LogP contribution in [0.2, 0.25) is 0 Å². The number of imidazole rings is 1. The highest BCUT2D eigenvalue weighted by atomic mass is 19.1. The average Bonchev–Trinajstić information content (AvgIpc) is 3.63. The number of nitrogens with zero attached hydrogens (tertiary/aromatic N) is 4. The second kappa shape index (κ2) is 10.1. The predicted molar refractivity (Wildman–Crippen MR) is 186 cm³/mol. The molecule has 0 fully saturated rings. The molecule has 47 heavy (non-hydrogen) atoms. The summed E-state index contributed by atoms with van der Waals surface area (Å²) in [6.45, 7) is 4.48. The van der Waals surface area contributed by atoms with Crippen molar-refractivity contribution in [2.24, 2.45) is 7.05 Å². The molecule has 6 heteroatoms. The number of halogens is 1. The number of rotatable bonds is 4. The first-order valence-electron chi connectivity index (χ1n) is 15.9. The van der Waals surface area contributed by atoms with Gasteiger partial charge < -0.3 is 9.30 Å². The predicted octanol–water partition coefficient (Wildman–Crippen LogP) is 10.2. The quantitative estimate of drug-likeness (QED) is 0.198. The molecule has 4 heterocycles. The van der Waals surface area contributed by atoms with Gasteiger partial charge in [-0.15, -0.1) is 0 Å². The summed E-state index contributed by atoms with van der Waals surface area (Å²) < 4.78 is 27.5. The Morgan fingerprint density at radius 1 is 0.723 bits per heavy atom. The highest BCUT2D eigenvalue weighted by molar-refractivity contribution is 6.13. The molecule has 3 aromatic heterocycles. The van der Waals surface area contributed by atoms with Gasteiger partial charge in [-0.1, -0.05) is 86.6 Å². The van der Waals surface area contributed by atoms with Gasteiger partial charge in [0.15, 0.2) is 6.17 Å². The smallest absolute Gasteiger partial charge is 0.150 e. The Bertz CT molecular complexity index is 2510. The SMILES string of the molecule is Cn1c(-c2cccc(C(F)c3ccc4c5c6c(ccc5n(-c5ccccn5)c4c3)C(C)(C)c3ccccc3O6)c2)nc2ccccc21. The van der Waals surface area contributed by atoms with Gasteiger partial charge in [0.25, 0.3) is 0 Å². The Morgan fingerprint density at radius 3 is 2.38 bits per heavy atom. The van der Waals surface area contributed by atoms with Gasteiger partial charge in [0, 0.05) is 40.7 Å². The highest BCUT2D eigenvalue weighted by Gasteiger charge is 2.36. The van der Waals surface area contributed by atoms with Crippen LogP contribution in [-0.4, -0.2) is 19.1 Å². The number of alkyl halides is 1. The van der Waals surface area contributed by atoms with Crippen LogP contribution in [-0.2, 0) is 12.5 Å². The molecule has 5 nitrogen and oxygen atoms in total. The Hall–Kier alpha value is -5.75. The van der Waals surface area contributed by atoms with E-state index in [0.717, 1.165) is 72.7 Å². The Balaban J connectivity index is 1.22. The molecule has 1 aliphatic heterocycles. The maximum atomic E-state index is 16.6. The van der Waals surface area contributed by atoms with Crippen LogP contribution in [0.5, 0.6) is 11.5 Å². The third kappa shape index (κ3) is 4.07. The summed E-state index contributed by atoms with van der Waals surface area (Å²) in [5.74, 6) is 3.27. The number of benzene rings is 5. The fourth-order valence-corrected chi connectivity index (χ4v) is 7.34. The van der Waals surface area contributed by atoms with Crippen LogP contribution in [0.4, 0.5) is 4.39 Å². The summed E-state index contributed by atoms with van der Waals surface area (Å²) >= 11 is 0. The second-order valence-electron chi connectivity index (χ2n) is 12.8. The average molecular weight is 615 g/mol. The number of pyridine rings is 1. The van der Waals surface area contributed by atoms with E-state index in [9.17, 15) is 0 Å². The second-order valence-corrected chi connectivity index (χ2v) is 12.8. The largest absolute Gasteiger partial charge is 0.456 e. The van der Waals surface area contributed by atoms with Crippen molar-refractivity contribution >= 4 is 32.8 Å². The summed E-state index contributed by atoms with van der Waals surface area (Å²) in [7, 11) is 2.00. The molecular weight excluding hydrogens is 583 g/mol. The van der Waals surface area contributed by atoms with E-state index in [1.165, 1.54) is 0 Å². The van der Waals surface area contributed by atoms with Crippen molar-refractivity contribution in [1.29, 1.82) is 0 Å². The van der Waals surface area contributed by atoms with E-state index < -0.39 is 6.17 Å². The van der Waals surface area contributed by atoms with Crippen molar-refractivity contribution in [1.82, 2.24) is 19.1 Å². The first-order chi connectivity index (χ1) is 22.9. The fourth-order valence-electron chi connectivity index (χ4n) is 7.34. The fraction of sp³-hybridized carbons (Fsp3) is 0.122. The monoisotopic (exact) mass is 614 g/mol. The maximum absolute atomic E-state index is 16.6. The molecule has 0 saturated heterocycles. The summed E-state index contributed by atoms with van der Waals surface area (Å²) in [6.07, 6.45) is 0.440. The van der Waals surface area contributed by atoms with Gasteiger partial charge in [-0.3, -0.25) is 4.57 Å². The molecule has 1 unspecified atom stereocenters. The molecule has 5 aromatic carbocycles. The van der Waals surface area contributed by atoms with Crippen LogP contribution in [0.1, 0.15) is 42.3 Å². The van der Waals surface area contributed by atoms with Crippen molar-refractivity contribution in [3.05, 3.63) is 150 Å². The summed E-state index contributed by atoms with van der Waals surface area (Å²) in [5.41, 5.74) is 7.83. The zero-order chi connectivity index (χ0) is 31.9. The summed E-state index contributed by atoms with van der Waals surface area (Å²) in [6, 6.07) is 40.0. The lowest BCUT2D eigenvalue weighted by molar-refractivity contribution is 0.402. The minimum Gasteiger partial charge on any atom is -0.456 e. The van der Waals surface area contributed by atoms with Crippen molar-refractivity contribution in [3.8, 4) is 28.7 Å². The molecule has 0 aliphatic carbocycles. The third-order valence-electron chi connectivity index (χ3n) is 9.75. The summed E-state index contributed by atoms with van der Waals surface area (Å²) in [5, 5.41) is 1.98. The van der Waals surface area contributed by atoms with Gasteiger partial charge in [-0.05, 0) is 59.7 Å². The van der Waals surface area contributed by atoms with E-state index in [1.807, 2.05) is 104 Å². The Labute approximate surface area is 271 Å². The van der Waals surface area contributed by atoms with E-state index >= 15 is 4.39 Å². The lowest BCUT2D eigenvalue weighted by Crippen LogP contribution is -2.24. The van der Waals surface area contributed by atoms with Crippen LogP contribution in [0.15, 0.2) is 128 Å². The van der Waals surface area contributed by atoms with Gasteiger partial charge in [0.1, 0.15) is 23.1 Å². The molecule has 8 aromatic rings. The molecule has 0 N–H and O–H groups in total. The molecule has 0 saturated carbocycles. The number of aromatic nitrogens is 4. The third-order valence-corrected chi connectivity index (χ3v) is 9.75. The minimum atomic E-state index is -1.35. The highest BCUT2D eigenvalue weighted by Crippen LogP contribution is 2.52. The summed E-state index contributed by atoms with van der Waals surface area (Å²) in [4.78, 5) is 9.57. The molecule has 1 aliphatic rings. The first-order valence-corrected chi connectivity index (χ1v) is 15.9. The van der Waals surface area contributed by atoms with E-state index in [-0.39, 0.29) is 5.41 Å². The number of ether oxygens (including phenoxy) is 1. The van der Waals surface area contributed by atoms with Crippen molar-refractivity contribution in [3.63, 3.8) is 0 Å². The van der Waals surface area contributed by atoms with E-state index in [0.29, 0.717) is 11.1 Å². The van der Waals surface area contributed by atoms with Crippen LogP contribution in [0, 0.1) is 0 Å². The molecule has 0 amide bonds. The van der Waals surface area contributed by atoms with Crippen LogP contribution in [0.25, 0.3) is 50.0 Å². The molecule has 0 spiro atoms. The van der Waals surface area contributed by atoms with Crippen LogP contribution < -0.4 is 4.74 Å². The lowest BCUT2D eigenvalue weighted by atomic mass is 9.75. The van der Waals surface area contributed by atoms with Gasteiger partial charge >= 0.3 is 0 Å². The Kier molecular flexibility index (Phi) is 5.94. The zero-order valence-corrected chi connectivity index (χ0v) is 26.3. The molecular formula is C41H31FN4O. The topological polar surface area (TPSA) is 44.9 Å². The van der Waals surface area contributed by atoms with E-state index in [2.05, 4.69) is 47.2 Å². The van der Waals surface area contributed by atoms with Crippen molar-refractivity contribution < 1.29 is 9.13 Å². The van der Waals surface area contributed by atoms with Crippen molar-refractivity contribution in [2.75, 3.05) is 0 Å². The molecule has 228 valence electrons. The number of fused-ring (bicyclic) bond motifs is 7. The van der Waals surface area contributed by atoms with E-state index in [1.54, 1.807) is 6.20 Å². The number of hydrogen-bond donors (Lipinski definition) is 0. The Morgan fingerprint density at radius 2 is 1.53 bits per heavy atom. The van der Waals surface area contributed by atoms with Crippen LogP contribution >= 0.6 is 0 Å². The van der Waals surface area contributed by atoms with Gasteiger partial charge in [-0.2, -0.15) is 0 Å². The van der Waals surface area contributed by atoms with Gasteiger partial charge in [-0.25, -0.2) is 14.4 Å². The number of hydrogen-bond acceptors (Lipinski definition) is 3. The minimum absolute atomic E-state index is 0.258. The van der Waals surface area contributed by atoms with E-state index in [4.69, 9.17) is 14.7 Å². The number of para-hydroxylation sites is 3. The molecule has 9 rings (SSSR count). The zero-order valence-electron chi connectivity index (χ0n) is 26.3. The standard InChI is InChI=1S/C41H31FN4O/c1-41(2)29-13-4-7-16-35(29)47-39-30(41)20-21-33-37(39)28-19-18-26(24-34(28)46(33)36-17-8-9-22-43-36)38(42)25-11-10-12-27(23-25)40-44-31-14-5-6-15-32(31)45(40)3/h4-24,38H,1-3H3. The van der Waals surface area contributed by atoms with Crippen LogP contribution in [0.3, 0.4) is 0 Å². The molecule has 0 bridgehead atoms. The maximum Gasteiger partial charge on any atom is 0.150 e. The number of aryl methyl sites for hydroxylation is 1. The molecule has 1 atom stereocenters.